The van der Waals surface area contributed by atoms with E-state index in [1.54, 1.807) is 14.2 Å². The largest absolute Gasteiger partial charge is 0.497 e. The van der Waals surface area contributed by atoms with Crippen LogP contribution in [-0.2, 0) is 11.2 Å². The van der Waals surface area contributed by atoms with Gasteiger partial charge < -0.3 is 14.8 Å². The number of ether oxygens (including phenoxy) is 2. The van der Waals surface area contributed by atoms with Crippen LogP contribution in [0, 0.1) is 0 Å². The van der Waals surface area contributed by atoms with Gasteiger partial charge in [-0.15, -0.1) is 0 Å². The number of hydrogen-bond donors (Lipinski definition) is 1. The standard InChI is InChI=1S/C14H23NO2/c1-16-12-4-3-10-15-11-9-13-5-7-14(17-2)8-6-13/h5-8,15H,3-4,9-12H2,1-2H3. The molecule has 0 saturated carbocycles. The van der Waals surface area contributed by atoms with Gasteiger partial charge >= 0.3 is 0 Å². The minimum atomic E-state index is 0.861. The van der Waals surface area contributed by atoms with E-state index in [9.17, 15) is 0 Å². The van der Waals surface area contributed by atoms with E-state index < -0.39 is 0 Å². The van der Waals surface area contributed by atoms with Crippen molar-refractivity contribution in [2.75, 3.05) is 33.9 Å². The molecule has 0 unspecified atom stereocenters. The lowest BCUT2D eigenvalue weighted by atomic mass is 10.1. The zero-order chi connectivity index (χ0) is 12.3. The molecule has 0 saturated heterocycles. The van der Waals surface area contributed by atoms with Gasteiger partial charge in [-0.05, 0) is 50.0 Å². The Morgan fingerprint density at radius 2 is 1.76 bits per heavy atom. The summed E-state index contributed by atoms with van der Waals surface area (Å²) in [5, 5.41) is 3.43. The van der Waals surface area contributed by atoms with Crippen LogP contribution in [0.2, 0.25) is 0 Å². The van der Waals surface area contributed by atoms with E-state index in [0.717, 1.165) is 38.3 Å². The Morgan fingerprint density at radius 1 is 1.00 bits per heavy atom. The van der Waals surface area contributed by atoms with Crippen LogP contribution in [0.4, 0.5) is 0 Å². The molecule has 0 aliphatic carbocycles. The Hall–Kier alpha value is -1.06. The molecule has 0 radical (unpaired) electrons. The van der Waals surface area contributed by atoms with Crippen molar-refractivity contribution in [2.45, 2.75) is 19.3 Å². The summed E-state index contributed by atoms with van der Waals surface area (Å²) in [7, 11) is 3.44. The molecule has 96 valence electrons. The first-order valence-electron chi connectivity index (χ1n) is 6.19. The first-order valence-corrected chi connectivity index (χ1v) is 6.19. The van der Waals surface area contributed by atoms with Crippen molar-refractivity contribution in [1.29, 1.82) is 0 Å². The van der Waals surface area contributed by atoms with Gasteiger partial charge in [-0.3, -0.25) is 0 Å². The maximum Gasteiger partial charge on any atom is 0.118 e. The molecule has 0 fully saturated rings. The van der Waals surface area contributed by atoms with Gasteiger partial charge in [0.15, 0.2) is 0 Å². The SMILES string of the molecule is COCCCCNCCc1ccc(OC)cc1. The van der Waals surface area contributed by atoms with Gasteiger partial charge in [-0.25, -0.2) is 0 Å². The predicted molar refractivity (Wildman–Crippen MR) is 70.7 cm³/mol. The third kappa shape index (κ3) is 6.29. The van der Waals surface area contributed by atoms with Crippen LogP contribution in [-0.4, -0.2) is 33.9 Å². The number of nitrogens with one attached hydrogen (secondary N) is 1. The Labute approximate surface area is 104 Å². The summed E-state index contributed by atoms with van der Waals surface area (Å²) >= 11 is 0. The normalized spacial score (nSPS) is 10.5. The highest BCUT2D eigenvalue weighted by atomic mass is 16.5. The van der Waals surface area contributed by atoms with Gasteiger partial charge in [-0.1, -0.05) is 12.1 Å². The fourth-order valence-electron chi connectivity index (χ4n) is 1.65. The first-order chi connectivity index (χ1) is 8.36. The van der Waals surface area contributed by atoms with Crippen molar-refractivity contribution in [3.8, 4) is 5.75 Å². The number of rotatable bonds is 9. The second kappa shape index (κ2) is 9.02. The van der Waals surface area contributed by atoms with E-state index in [4.69, 9.17) is 9.47 Å². The van der Waals surface area contributed by atoms with Crippen LogP contribution in [0.1, 0.15) is 18.4 Å². The van der Waals surface area contributed by atoms with Crippen LogP contribution < -0.4 is 10.1 Å². The molecule has 0 heterocycles. The molecule has 0 bridgehead atoms. The van der Waals surface area contributed by atoms with Crippen LogP contribution in [0.5, 0.6) is 5.75 Å². The van der Waals surface area contributed by atoms with Crippen molar-refractivity contribution in [3.05, 3.63) is 29.8 Å². The predicted octanol–water partition coefficient (Wildman–Crippen LogP) is 2.25. The average Bonchev–Trinajstić information content (AvgIpc) is 2.38. The molecular formula is C14H23NO2. The Bertz CT molecular complexity index is 285. The highest BCUT2D eigenvalue weighted by Crippen LogP contribution is 2.11. The summed E-state index contributed by atoms with van der Waals surface area (Å²) in [6.07, 6.45) is 3.37. The second-order valence-electron chi connectivity index (χ2n) is 4.05. The van der Waals surface area contributed by atoms with E-state index in [-0.39, 0.29) is 0 Å². The quantitative estimate of drug-likeness (QED) is 0.668. The summed E-state index contributed by atoms with van der Waals surface area (Å²) < 4.78 is 10.1. The lowest BCUT2D eigenvalue weighted by Gasteiger charge is -2.05. The Kier molecular flexibility index (Phi) is 7.43. The molecule has 0 atom stereocenters. The Morgan fingerprint density at radius 3 is 2.41 bits per heavy atom. The monoisotopic (exact) mass is 237 g/mol. The van der Waals surface area contributed by atoms with Crippen LogP contribution in [0.15, 0.2) is 24.3 Å². The van der Waals surface area contributed by atoms with Crippen molar-refractivity contribution < 1.29 is 9.47 Å². The third-order valence-corrected chi connectivity index (χ3v) is 2.70. The van der Waals surface area contributed by atoms with E-state index >= 15 is 0 Å². The van der Waals surface area contributed by atoms with Gasteiger partial charge in [-0.2, -0.15) is 0 Å². The molecule has 0 amide bonds. The topological polar surface area (TPSA) is 30.5 Å². The van der Waals surface area contributed by atoms with Gasteiger partial charge in [0.05, 0.1) is 7.11 Å². The molecule has 1 rings (SSSR count). The fraction of sp³-hybridized carbons (Fsp3) is 0.571. The zero-order valence-corrected chi connectivity index (χ0v) is 10.9. The minimum Gasteiger partial charge on any atom is -0.497 e. The van der Waals surface area contributed by atoms with Crippen molar-refractivity contribution in [1.82, 2.24) is 5.32 Å². The molecule has 1 aromatic rings. The smallest absolute Gasteiger partial charge is 0.118 e. The molecule has 3 heteroatoms. The summed E-state index contributed by atoms with van der Waals surface area (Å²) in [5.41, 5.74) is 1.34. The third-order valence-electron chi connectivity index (χ3n) is 2.70. The maximum atomic E-state index is 5.12. The van der Waals surface area contributed by atoms with Crippen LogP contribution >= 0.6 is 0 Å². The molecular weight excluding hydrogens is 214 g/mol. The molecule has 1 aromatic carbocycles. The van der Waals surface area contributed by atoms with E-state index in [1.165, 1.54) is 12.0 Å². The van der Waals surface area contributed by atoms with Crippen LogP contribution in [0.3, 0.4) is 0 Å². The average molecular weight is 237 g/mol. The summed E-state index contributed by atoms with van der Waals surface area (Å²) in [4.78, 5) is 0. The van der Waals surface area contributed by atoms with Gasteiger partial charge in [0.25, 0.3) is 0 Å². The molecule has 0 aliphatic rings. The molecule has 0 aromatic heterocycles. The lowest BCUT2D eigenvalue weighted by Crippen LogP contribution is -2.18. The molecule has 3 nitrogen and oxygen atoms in total. The summed E-state index contributed by atoms with van der Waals surface area (Å²) in [5.74, 6) is 0.918. The van der Waals surface area contributed by atoms with Crippen molar-refractivity contribution in [3.63, 3.8) is 0 Å². The number of benzene rings is 1. The van der Waals surface area contributed by atoms with E-state index in [0.29, 0.717) is 0 Å². The highest BCUT2D eigenvalue weighted by molar-refractivity contribution is 5.27. The number of unbranched alkanes of at least 4 members (excludes halogenated alkanes) is 1. The molecule has 0 spiro atoms. The minimum absolute atomic E-state index is 0.861. The Balaban J connectivity index is 2.05. The summed E-state index contributed by atoms with van der Waals surface area (Å²) in [6.45, 7) is 2.96. The number of methoxy groups -OCH3 is 2. The van der Waals surface area contributed by atoms with Gasteiger partial charge in [0.2, 0.25) is 0 Å². The number of hydrogen-bond acceptors (Lipinski definition) is 3. The van der Waals surface area contributed by atoms with E-state index in [1.807, 2.05) is 12.1 Å². The molecule has 1 N–H and O–H groups in total. The molecule has 17 heavy (non-hydrogen) atoms. The highest BCUT2D eigenvalue weighted by Gasteiger charge is 1.94. The maximum absolute atomic E-state index is 5.12. The lowest BCUT2D eigenvalue weighted by molar-refractivity contribution is 0.192. The fourth-order valence-corrected chi connectivity index (χ4v) is 1.65. The van der Waals surface area contributed by atoms with E-state index in [2.05, 4.69) is 17.4 Å². The summed E-state index contributed by atoms with van der Waals surface area (Å²) in [6, 6.07) is 8.25. The van der Waals surface area contributed by atoms with Crippen LogP contribution in [0.25, 0.3) is 0 Å². The van der Waals surface area contributed by atoms with Crippen molar-refractivity contribution in [2.24, 2.45) is 0 Å². The van der Waals surface area contributed by atoms with Crippen molar-refractivity contribution >= 4 is 0 Å². The zero-order valence-electron chi connectivity index (χ0n) is 10.9. The molecule has 0 aliphatic heterocycles. The first kappa shape index (κ1) is 14.0. The second-order valence-corrected chi connectivity index (χ2v) is 4.05. The van der Waals surface area contributed by atoms with Gasteiger partial charge in [0.1, 0.15) is 5.75 Å². The van der Waals surface area contributed by atoms with Gasteiger partial charge in [0, 0.05) is 13.7 Å².